The molecule has 0 unspecified atom stereocenters. The number of benzene rings is 1. The van der Waals surface area contributed by atoms with Gasteiger partial charge >= 0.3 is 6.18 Å². The number of nitrogens with one attached hydrogen (secondary N) is 1. The Bertz CT molecular complexity index is 1130. The van der Waals surface area contributed by atoms with Crippen molar-refractivity contribution in [3.05, 3.63) is 65.6 Å². The third-order valence-electron chi connectivity index (χ3n) is 6.18. The second kappa shape index (κ2) is 7.61. The minimum Gasteiger partial charge on any atom is -0.365 e. The minimum atomic E-state index is -4.42. The molecule has 2 fully saturated rings. The maximum atomic E-state index is 13.5. The van der Waals surface area contributed by atoms with Gasteiger partial charge in [0.25, 0.3) is 5.91 Å². The van der Waals surface area contributed by atoms with Crippen molar-refractivity contribution in [2.75, 3.05) is 11.9 Å². The van der Waals surface area contributed by atoms with Gasteiger partial charge in [0.2, 0.25) is 0 Å². The number of anilines is 1. The minimum absolute atomic E-state index is 0.0590. The van der Waals surface area contributed by atoms with Gasteiger partial charge in [-0.25, -0.2) is 4.98 Å². The standard InChI is InChI=1S/C22H21F3N6O/c1-13-2-4-16(18(8-13)31-27-6-7-28-31)21(32)30-12-14-9-17(19(30)10-14)29-20-5-3-15(11-26-20)22(23,24)25/h2-8,11,14,17,19H,9-10,12H2,1H3,(H,26,29)/t14-,17+,19-/m0/s1. The fourth-order valence-corrected chi connectivity index (χ4v) is 4.73. The van der Waals surface area contributed by atoms with Gasteiger partial charge in [0.15, 0.2) is 0 Å². The van der Waals surface area contributed by atoms with Crippen molar-refractivity contribution >= 4 is 11.7 Å². The summed E-state index contributed by atoms with van der Waals surface area (Å²) in [5, 5.41) is 11.6. The van der Waals surface area contributed by atoms with Crippen LogP contribution in [0.2, 0.25) is 0 Å². The van der Waals surface area contributed by atoms with Crippen molar-refractivity contribution in [2.45, 2.75) is 38.0 Å². The highest BCUT2D eigenvalue weighted by atomic mass is 19.4. The quantitative estimate of drug-likeness (QED) is 0.667. The third-order valence-corrected chi connectivity index (χ3v) is 6.18. The van der Waals surface area contributed by atoms with Crippen LogP contribution in [0.15, 0.2) is 48.9 Å². The van der Waals surface area contributed by atoms with Crippen molar-refractivity contribution in [3.8, 4) is 5.69 Å². The summed E-state index contributed by atoms with van der Waals surface area (Å²) in [6, 6.07) is 7.78. The molecule has 1 aliphatic heterocycles. The van der Waals surface area contributed by atoms with Crippen molar-refractivity contribution in [1.29, 1.82) is 0 Å². The summed E-state index contributed by atoms with van der Waals surface area (Å²) in [6.07, 6.45) is 1.23. The molecule has 1 amide bonds. The first kappa shape index (κ1) is 20.5. The number of nitrogens with zero attached hydrogens (tertiary/aromatic N) is 5. The van der Waals surface area contributed by atoms with Crippen molar-refractivity contribution in [3.63, 3.8) is 0 Å². The first-order valence-electron chi connectivity index (χ1n) is 10.4. The predicted molar refractivity (Wildman–Crippen MR) is 110 cm³/mol. The van der Waals surface area contributed by atoms with Gasteiger partial charge < -0.3 is 10.2 Å². The average molecular weight is 442 g/mol. The van der Waals surface area contributed by atoms with E-state index >= 15 is 0 Å². The number of halogens is 3. The van der Waals surface area contributed by atoms with Gasteiger partial charge in [0, 0.05) is 18.8 Å². The number of hydrogen-bond donors (Lipinski definition) is 1. The van der Waals surface area contributed by atoms with E-state index in [1.807, 2.05) is 24.0 Å². The van der Waals surface area contributed by atoms with E-state index in [4.69, 9.17) is 0 Å². The first-order valence-corrected chi connectivity index (χ1v) is 10.4. The second-order valence-corrected chi connectivity index (χ2v) is 8.38. The number of aromatic nitrogens is 4. The predicted octanol–water partition coefficient (Wildman–Crippen LogP) is 3.70. The molecule has 5 rings (SSSR count). The molecule has 7 nitrogen and oxygen atoms in total. The Hall–Kier alpha value is -3.43. The second-order valence-electron chi connectivity index (χ2n) is 8.38. The van der Waals surface area contributed by atoms with Gasteiger partial charge in [-0.15, -0.1) is 0 Å². The van der Waals surface area contributed by atoms with Gasteiger partial charge in [0.1, 0.15) is 5.82 Å². The Labute approximate surface area is 182 Å². The van der Waals surface area contributed by atoms with Crippen LogP contribution in [0.4, 0.5) is 19.0 Å². The number of pyridine rings is 1. The third kappa shape index (κ3) is 3.69. The number of aryl methyl sites for hydroxylation is 1. The topological polar surface area (TPSA) is 75.9 Å². The SMILES string of the molecule is Cc1ccc(C(=O)N2C[C@H]3C[C@@H](Nc4ccc(C(F)(F)F)cn4)[C@@H]2C3)c(-n2nccn2)c1. The molecule has 32 heavy (non-hydrogen) atoms. The molecular formula is C22H21F3N6O. The molecule has 1 saturated carbocycles. The van der Waals surface area contributed by atoms with Crippen LogP contribution < -0.4 is 5.32 Å². The van der Waals surface area contributed by atoms with E-state index in [0.717, 1.165) is 30.7 Å². The Morgan fingerprint density at radius 3 is 2.56 bits per heavy atom. The summed E-state index contributed by atoms with van der Waals surface area (Å²) in [5.41, 5.74) is 1.35. The smallest absolute Gasteiger partial charge is 0.365 e. The number of fused-ring (bicyclic) bond motifs is 2. The number of rotatable bonds is 4. The normalized spacial score (nSPS) is 22.4. The lowest BCUT2D eigenvalue weighted by Crippen LogP contribution is -2.48. The van der Waals surface area contributed by atoms with Crippen molar-refractivity contribution in [2.24, 2.45) is 5.92 Å². The van der Waals surface area contributed by atoms with E-state index in [2.05, 4.69) is 20.5 Å². The molecule has 0 spiro atoms. The molecule has 2 aliphatic rings. The van der Waals surface area contributed by atoms with Gasteiger partial charge in [-0.05, 0) is 55.5 Å². The van der Waals surface area contributed by atoms with E-state index in [1.54, 1.807) is 18.5 Å². The molecule has 0 radical (unpaired) electrons. The van der Waals surface area contributed by atoms with Gasteiger partial charge in [-0.1, -0.05) is 6.07 Å². The monoisotopic (exact) mass is 442 g/mol. The zero-order valence-corrected chi connectivity index (χ0v) is 17.3. The van der Waals surface area contributed by atoms with Gasteiger partial charge in [-0.3, -0.25) is 4.79 Å². The number of amides is 1. The van der Waals surface area contributed by atoms with E-state index < -0.39 is 11.7 Å². The number of piperidine rings is 1. The highest BCUT2D eigenvalue weighted by Crippen LogP contribution is 2.40. The zero-order chi connectivity index (χ0) is 22.5. The maximum absolute atomic E-state index is 13.5. The number of alkyl halides is 3. The highest BCUT2D eigenvalue weighted by Gasteiger charge is 2.47. The Kier molecular flexibility index (Phi) is 4.87. The summed E-state index contributed by atoms with van der Waals surface area (Å²) in [7, 11) is 0. The van der Waals surface area contributed by atoms with Crippen LogP contribution in [0, 0.1) is 12.8 Å². The number of hydrogen-bond acceptors (Lipinski definition) is 5. The molecule has 10 heteroatoms. The van der Waals surface area contributed by atoms with Crippen LogP contribution in [0.3, 0.4) is 0 Å². The van der Waals surface area contributed by atoms with Crippen LogP contribution in [0.1, 0.15) is 34.3 Å². The van der Waals surface area contributed by atoms with Crippen LogP contribution in [-0.4, -0.2) is 49.4 Å². The molecular weight excluding hydrogens is 421 g/mol. The summed E-state index contributed by atoms with van der Waals surface area (Å²) in [6.45, 7) is 2.60. The molecule has 3 atom stereocenters. The molecule has 1 N–H and O–H groups in total. The van der Waals surface area contributed by atoms with Crippen LogP contribution in [-0.2, 0) is 6.18 Å². The molecule has 2 aromatic heterocycles. The molecule has 166 valence electrons. The Morgan fingerprint density at radius 1 is 1.12 bits per heavy atom. The Balaban J connectivity index is 1.36. The molecule has 3 heterocycles. The van der Waals surface area contributed by atoms with E-state index in [9.17, 15) is 18.0 Å². The maximum Gasteiger partial charge on any atom is 0.417 e. The lowest BCUT2D eigenvalue weighted by Gasteiger charge is -2.34. The fourth-order valence-electron chi connectivity index (χ4n) is 4.73. The van der Waals surface area contributed by atoms with Crippen LogP contribution >= 0.6 is 0 Å². The largest absolute Gasteiger partial charge is 0.417 e. The number of likely N-dealkylation sites (tertiary alicyclic amines) is 1. The van der Waals surface area contributed by atoms with E-state index in [-0.39, 0.29) is 18.0 Å². The highest BCUT2D eigenvalue weighted by molar-refractivity contribution is 5.98. The van der Waals surface area contributed by atoms with Crippen molar-refractivity contribution in [1.82, 2.24) is 24.9 Å². The zero-order valence-electron chi connectivity index (χ0n) is 17.3. The Morgan fingerprint density at radius 2 is 1.91 bits per heavy atom. The molecule has 3 aromatic rings. The van der Waals surface area contributed by atoms with E-state index in [0.29, 0.717) is 29.5 Å². The molecule has 1 aliphatic carbocycles. The van der Waals surface area contributed by atoms with Gasteiger partial charge in [-0.2, -0.15) is 28.2 Å². The van der Waals surface area contributed by atoms with Crippen LogP contribution in [0.5, 0.6) is 0 Å². The summed E-state index contributed by atoms with van der Waals surface area (Å²) < 4.78 is 38.4. The summed E-state index contributed by atoms with van der Waals surface area (Å²) in [4.78, 5) is 20.7. The van der Waals surface area contributed by atoms with Crippen LogP contribution in [0.25, 0.3) is 5.69 Å². The number of carbonyl (C=O) groups is 1. The fraction of sp³-hybridized carbons (Fsp3) is 0.364. The van der Waals surface area contributed by atoms with E-state index in [1.165, 1.54) is 10.9 Å². The summed E-state index contributed by atoms with van der Waals surface area (Å²) in [5.74, 6) is 0.615. The molecule has 1 saturated heterocycles. The first-order chi connectivity index (χ1) is 15.3. The lowest BCUT2D eigenvalue weighted by atomic mass is 10.0. The lowest BCUT2D eigenvalue weighted by molar-refractivity contribution is -0.137. The summed E-state index contributed by atoms with van der Waals surface area (Å²) >= 11 is 0. The molecule has 1 aromatic carbocycles. The average Bonchev–Trinajstić information content (AvgIpc) is 3.50. The molecule has 2 bridgehead atoms. The number of carbonyl (C=O) groups excluding carboxylic acids is 1. The van der Waals surface area contributed by atoms with Gasteiger partial charge in [0.05, 0.1) is 35.2 Å². The van der Waals surface area contributed by atoms with Crippen molar-refractivity contribution < 1.29 is 18.0 Å².